The number of Topliss-reactive ketones (excluding diaryl/α,β-unsaturated/α-hetero) is 1. The molecule has 0 spiro atoms. The van der Waals surface area contributed by atoms with E-state index in [2.05, 4.69) is 64.2 Å². The van der Waals surface area contributed by atoms with Gasteiger partial charge in [0.05, 0.1) is 12.8 Å². The number of hydrogen-bond donors (Lipinski definition) is 0. The van der Waals surface area contributed by atoms with Gasteiger partial charge in [-0.05, 0) is 74.4 Å². The molecule has 1 atom stereocenters. The first-order valence-corrected chi connectivity index (χ1v) is 12.7. The number of halogens is 1. The van der Waals surface area contributed by atoms with Gasteiger partial charge in [-0.2, -0.15) is 0 Å². The van der Waals surface area contributed by atoms with Gasteiger partial charge in [-0.3, -0.25) is 9.69 Å². The number of methoxy groups -OCH3 is 1. The van der Waals surface area contributed by atoms with Crippen molar-refractivity contribution >= 4 is 44.6 Å². The van der Waals surface area contributed by atoms with Gasteiger partial charge in [0.2, 0.25) is 0 Å². The van der Waals surface area contributed by atoms with Gasteiger partial charge in [0.1, 0.15) is 5.75 Å². The Kier molecular flexibility index (Phi) is 6.52. The molecule has 3 aromatic rings. The van der Waals surface area contributed by atoms with Gasteiger partial charge < -0.3 is 9.64 Å². The van der Waals surface area contributed by atoms with Crippen LogP contribution in [-0.2, 0) is 4.79 Å². The minimum atomic E-state index is -0.401. The summed E-state index contributed by atoms with van der Waals surface area (Å²) in [5, 5.41) is 6.76. The van der Waals surface area contributed by atoms with Crippen LogP contribution in [0.3, 0.4) is 0 Å². The third-order valence-electron chi connectivity index (χ3n) is 6.59. The molecule has 0 saturated carbocycles. The van der Waals surface area contributed by atoms with Gasteiger partial charge in [-0.1, -0.05) is 33.6 Å². The number of hydrogen-bond acceptors (Lipinski definition) is 6. The molecule has 0 unspecified atom stereocenters. The molecule has 0 amide bonds. The fraction of sp³-hybridized carbons (Fsp3) is 0.286. The summed E-state index contributed by atoms with van der Waals surface area (Å²) < 4.78 is 6.69. The Morgan fingerprint density at radius 3 is 2.20 bits per heavy atom. The van der Waals surface area contributed by atoms with Crippen LogP contribution in [0.1, 0.15) is 37.1 Å². The third-order valence-corrected chi connectivity index (χ3v) is 7.08. The standard InChI is InChI=1S/C28H29BrN4O2/c1-19-6-9-24(10-7-19)33-28(25-18-21(29)8-15-26(25)35-3)32(27(30-33)20(2)34)23-13-11-22(12-14-23)31-16-4-5-17-31/h6-15,18,28H,4-5,16-17H2,1-3H3/t28-/m0/s1. The molecule has 3 aromatic carbocycles. The number of rotatable bonds is 6. The smallest absolute Gasteiger partial charge is 0.198 e. The molecule has 7 heteroatoms. The molecule has 0 bridgehead atoms. The maximum Gasteiger partial charge on any atom is 0.198 e. The summed E-state index contributed by atoms with van der Waals surface area (Å²) in [5.74, 6) is 1.03. The van der Waals surface area contributed by atoms with E-state index in [0.29, 0.717) is 5.84 Å². The van der Waals surface area contributed by atoms with Crippen LogP contribution in [0.15, 0.2) is 76.3 Å². The van der Waals surface area contributed by atoms with E-state index in [1.807, 2.05) is 40.2 Å². The summed E-state index contributed by atoms with van der Waals surface area (Å²) in [6, 6.07) is 22.6. The molecule has 1 fully saturated rings. The number of hydrazone groups is 1. The molecule has 35 heavy (non-hydrogen) atoms. The van der Waals surface area contributed by atoms with E-state index in [1.165, 1.54) is 18.5 Å². The van der Waals surface area contributed by atoms with Crippen LogP contribution in [0.2, 0.25) is 0 Å². The highest BCUT2D eigenvalue weighted by Gasteiger charge is 2.40. The highest BCUT2D eigenvalue weighted by molar-refractivity contribution is 9.10. The summed E-state index contributed by atoms with van der Waals surface area (Å²) in [5.41, 5.74) is 5.08. The zero-order valence-corrected chi connectivity index (χ0v) is 21.8. The zero-order valence-electron chi connectivity index (χ0n) is 20.2. The molecule has 180 valence electrons. The Hall–Kier alpha value is -3.32. The third kappa shape index (κ3) is 4.52. The van der Waals surface area contributed by atoms with Gasteiger partial charge in [0.25, 0.3) is 0 Å². The quantitative estimate of drug-likeness (QED) is 0.373. The second-order valence-electron chi connectivity index (χ2n) is 9.00. The molecule has 0 N–H and O–H groups in total. The number of ether oxygens (including phenoxy) is 1. The summed E-state index contributed by atoms with van der Waals surface area (Å²) in [4.78, 5) is 17.3. The van der Waals surface area contributed by atoms with Crippen LogP contribution in [0.4, 0.5) is 17.1 Å². The SMILES string of the molecule is COc1ccc(Br)cc1[C@@H]1N(c2ccc(C)cc2)N=C(C(C)=O)N1c1ccc(N2CCCC2)cc1. The van der Waals surface area contributed by atoms with Crippen LogP contribution in [-0.4, -0.2) is 31.8 Å². The first-order chi connectivity index (χ1) is 17.0. The van der Waals surface area contributed by atoms with Gasteiger partial charge >= 0.3 is 0 Å². The first kappa shape index (κ1) is 23.4. The number of carbonyl (C=O) groups is 1. The predicted octanol–water partition coefficient (Wildman–Crippen LogP) is 6.29. The summed E-state index contributed by atoms with van der Waals surface area (Å²) >= 11 is 3.62. The van der Waals surface area contributed by atoms with Gasteiger partial charge in [-0.25, -0.2) is 5.01 Å². The van der Waals surface area contributed by atoms with Crippen molar-refractivity contribution in [3.05, 3.63) is 82.3 Å². The largest absolute Gasteiger partial charge is 0.496 e. The lowest BCUT2D eigenvalue weighted by Gasteiger charge is -2.33. The highest BCUT2D eigenvalue weighted by atomic mass is 79.9. The maximum absolute atomic E-state index is 12.9. The molecule has 2 heterocycles. The van der Waals surface area contributed by atoms with E-state index >= 15 is 0 Å². The Morgan fingerprint density at radius 1 is 0.943 bits per heavy atom. The molecular formula is C28H29BrN4O2. The van der Waals surface area contributed by atoms with Crippen molar-refractivity contribution in [2.45, 2.75) is 32.9 Å². The maximum atomic E-state index is 12.9. The first-order valence-electron chi connectivity index (χ1n) is 11.9. The van der Waals surface area contributed by atoms with Crippen molar-refractivity contribution in [2.24, 2.45) is 5.10 Å². The van der Waals surface area contributed by atoms with Crippen molar-refractivity contribution in [1.82, 2.24) is 0 Å². The Morgan fingerprint density at radius 2 is 1.57 bits per heavy atom. The minimum absolute atomic E-state index is 0.0952. The summed E-state index contributed by atoms with van der Waals surface area (Å²) in [6.45, 7) is 5.80. The van der Waals surface area contributed by atoms with Crippen molar-refractivity contribution in [2.75, 3.05) is 35.0 Å². The second-order valence-corrected chi connectivity index (χ2v) is 9.92. The van der Waals surface area contributed by atoms with E-state index in [1.54, 1.807) is 14.0 Å². The lowest BCUT2D eigenvalue weighted by molar-refractivity contribution is -0.111. The normalized spacial score (nSPS) is 17.7. The second kappa shape index (κ2) is 9.74. The van der Waals surface area contributed by atoms with E-state index in [9.17, 15) is 4.79 Å². The molecule has 0 aromatic heterocycles. The van der Waals surface area contributed by atoms with E-state index in [4.69, 9.17) is 9.84 Å². The number of aryl methyl sites for hydroxylation is 1. The van der Waals surface area contributed by atoms with Crippen molar-refractivity contribution in [1.29, 1.82) is 0 Å². The fourth-order valence-corrected chi connectivity index (χ4v) is 5.19. The Labute approximate surface area is 214 Å². The molecule has 6 nitrogen and oxygen atoms in total. The number of anilines is 3. The number of nitrogens with zero attached hydrogens (tertiary/aromatic N) is 4. The van der Waals surface area contributed by atoms with Crippen LogP contribution in [0, 0.1) is 6.92 Å². The van der Waals surface area contributed by atoms with Crippen LogP contribution in [0.5, 0.6) is 5.75 Å². The van der Waals surface area contributed by atoms with Crippen LogP contribution in [0.25, 0.3) is 0 Å². The molecule has 5 rings (SSSR count). The number of benzene rings is 3. The van der Waals surface area contributed by atoms with Crippen molar-refractivity contribution in [3.63, 3.8) is 0 Å². The average molecular weight is 533 g/mol. The van der Waals surface area contributed by atoms with E-state index in [0.717, 1.165) is 45.8 Å². The van der Waals surface area contributed by atoms with E-state index < -0.39 is 6.17 Å². The lowest BCUT2D eigenvalue weighted by Crippen LogP contribution is -2.38. The van der Waals surface area contributed by atoms with Crippen molar-refractivity contribution in [3.8, 4) is 5.75 Å². The fourth-order valence-electron chi connectivity index (χ4n) is 4.81. The minimum Gasteiger partial charge on any atom is -0.496 e. The van der Waals surface area contributed by atoms with Crippen molar-refractivity contribution < 1.29 is 9.53 Å². The molecule has 1 saturated heterocycles. The molecule has 0 aliphatic carbocycles. The number of carbonyl (C=O) groups excluding carboxylic acids is 1. The number of amidine groups is 1. The Bertz CT molecular complexity index is 1250. The van der Waals surface area contributed by atoms with Gasteiger partial charge in [-0.15, -0.1) is 5.10 Å². The van der Waals surface area contributed by atoms with E-state index in [-0.39, 0.29) is 5.78 Å². The summed E-state index contributed by atoms with van der Waals surface area (Å²) in [6.07, 6.45) is 2.05. The molecule has 2 aliphatic heterocycles. The molecular weight excluding hydrogens is 504 g/mol. The summed E-state index contributed by atoms with van der Waals surface area (Å²) in [7, 11) is 1.67. The predicted molar refractivity (Wildman–Crippen MR) is 146 cm³/mol. The van der Waals surface area contributed by atoms with Crippen LogP contribution >= 0.6 is 15.9 Å². The molecule has 2 aliphatic rings. The highest BCUT2D eigenvalue weighted by Crippen LogP contribution is 2.43. The monoisotopic (exact) mass is 532 g/mol. The lowest BCUT2D eigenvalue weighted by atomic mass is 10.1. The molecule has 0 radical (unpaired) electrons. The topological polar surface area (TPSA) is 48.4 Å². The van der Waals surface area contributed by atoms with Crippen LogP contribution < -0.4 is 19.5 Å². The Balaban J connectivity index is 1.65. The average Bonchev–Trinajstić information content (AvgIpc) is 3.53. The number of ketones is 1. The zero-order chi connectivity index (χ0) is 24.5. The van der Waals surface area contributed by atoms with Gasteiger partial charge in [0, 0.05) is 41.4 Å². The van der Waals surface area contributed by atoms with Gasteiger partial charge in [0.15, 0.2) is 17.8 Å².